The van der Waals surface area contributed by atoms with Crippen molar-refractivity contribution in [3.05, 3.63) is 35.4 Å². The zero-order chi connectivity index (χ0) is 15.2. The molecule has 1 unspecified atom stereocenters. The first-order valence-electron chi connectivity index (χ1n) is 8.19. The summed E-state index contributed by atoms with van der Waals surface area (Å²) in [7, 11) is 0. The third kappa shape index (κ3) is 4.57. The van der Waals surface area contributed by atoms with Crippen molar-refractivity contribution in [2.24, 2.45) is 0 Å². The predicted octanol–water partition coefficient (Wildman–Crippen LogP) is 3.44. The highest BCUT2D eigenvalue weighted by Gasteiger charge is 2.22. The van der Waals surface area contributed by atoms with E-state index in [1.54, 1.807) is 0 Å². The molecule has 0 aromatic heterocycles. The van der Waals surface area contributed by atoms with E-state index < -0.39 is 0 Å². The average molecular weight is 288 g/mol. The van der Waals surface area contributed by atoms with Crippen LogP contribution in [0.25, 0.3) is 0 Å². The van der Waals surface area contributed by atoms with Gasteiger partial charge in [-0.2, -0.15) is 0 Å². The second-order valence-corrected chi connectivity index (χ2v) is 6.26. The molecule has 1 aliphatic heterocycles. The van der Waals surface area contributed by atoms with Gasteiger partial charge in [-0.3, -0.25) is 10.1 Å². The SMILES string of the molecule is Cc1cccc([C@@H](C)NC(C)C(=O)N2CCCCCC2)c1. The molecule has 2 atom stereocenters. The van der Waals surface area contributed by atoms with Gasteiger partial charge in [-0.15, -0.1) is 0 Å². The Morgan fingerprint density at radius 3 is 2.43 bits per heavy atom. The van der Waals surface area contributed by atoms with E-state index in [1.165, 1.54) is 24.0 Å². The number of benzene rings is 1. The quantitative estimate of drug-likeness (QED) is 0.920. The number of carbonyl (C=O) groups excluding carboxylic acids is 1. The van der Waals surface area contributed by atoms with Crippen LogP contribution in [0.15, 0.2) is 24.3 Å². The van der Waals surface area contributed by atoms with Crippen molar-refractivity contribution in [2.45, 2.75) is 58.5 Å². The van der Waals surface area contributed by atoms with E-state index in [2.05, 4.69) is 43.4 Å². The van der Waals surface area contributed by atoms with Gasteiger partial charge in [-0.1, -0.05) is 42.7 Å². The van der Waals surface area contributed by atoms with Crippen LogP contribution in [0, 0.1) is 6.92 Å². The topological polar surface area (TPSA) is 32.3 Å². The Hall–Kier alpha value is -1.35. The van der Waals surface area contributed by atoms with Crippen LogP contribution in [0.5, 0.6) is 0 Å². The van der Waals surface area contributed by atoms with Gasteiger partial charge < -0.3 is 4.90 Å². The number of carbonyl (C=O) groups is 1. The third-order valence-corrected chi connectivity index (χ3v) is 4.33. The fraction of sp³-hybridized carbons (Fsp3) is 0.611. The zero-order valence-electron chi connectivity index (χ0n) is 13.6. The van der Waals surface area contributed by atoms with Gasteiger partial charge in [0.05, 0.1) is 6.04 Å². The normalized spacial score (nSPS) is 18.9. The molecule has 0 bridgehead atoms. The van der Waals surface area contributed by atoms with Crippen LogP contribution < -0.4 is 5.32 Å². The average Bonchev–Trinajstić information content (AvgIpc) is 2.75. The molecule has 1 heterocycles. The van der Waals surface area contributed by atoms with Crippen molar-refractivity contribution in [1.82, 2.24) is 10.2 Å². The summed E-state index contributed by atoms with van der Waals surface area (Å²) in [5.74, 6) is 0.247. The largest absolute Gasteiger partial charge is 0.341 e. The first-order chi connectivity index (χ1) is 10.1. The Balaban J connectivity index is 1.93. The molecule has 0 spiro atoms. The lowest BCUT2D eigenvalue weighted by molar-refractivity contribution is -0.133. The number of nitrogens with one attached hydrogen (secondary N) is 1. The molecular formula is C18H28N2O. The van der Waals surface area contributed by atoms with Crippen LogP contribution in [0.2, 0.25) is 0 Å². The molecule has 0 saturated carbocycles. The van der Waals surface area contributed by atoms with Gasteiger partial charge in [0.15, 0.2) is 0 Å². The summed E-state index contributed by atoms with van der Waals surface area (Å²) in [4.78, 5) is 14.6. The van der Waals surface area contributed by atoms with E-state index in [4.69, 9.17) is 0 Å². The minimum Gasteiger partial charge on any atom is -0.341 e. The first-order valence-corrected chi connectivity index (χ1v) is 8.19. The van der Waals surface area contributed by atoms with E-state index in [0.29, 0.717) is 0 Å². The maximum Gasteiger partial charge on any atom is 0.239 e. The van der Waals surface area contributed by atoms with Gasteiger partial charge >= 0.3 is 0 Å². The highest BCUT2D eigenvalue weighted by atomic mass is 16.2. The second kappa shape index (κ2) is 7.60. The summed E-state index contributed by atoms with van der Waals surface area (Å²) >= 11 is 0. The summed E-state index contributed by atoms with van der Waals surface area (Å²) in [6, 6.07) is 8.54. The summed E-state index contributed by atoms with van der Waals surface area (Å²) < 4.78 is 0. The van der Waals surface area contributed by atoms with Crippen LogP contribution >= 0.6 is 0 Å². The molecule has 1 aromatic carbocycles. The third-order valence-electron chi connectivity index (χ3n) is 4.33. The van der Waals surface area contributed by atoms with Crippen molar-refractivity contribution in [3.8, 4) is 0 Å². The Kier molecular flexibility index (Phi) is 5.80. The molecule has 3 heteroatoms. The Morgan fingerprint density at radius 1 is 1.14 bits per heavy atom. The lowest BCUT2D eigenvalue weighted by Gasteiger charge is -2.27. The second-order valence-electron chi connectivity index (χ2n) is 6.26. The number of aryl methyl sites for hydroxylation is 1. The fourth-order valence-electron chi connectivity index (χ4n) is 3.05. The Labute approximate surface area is 128 Å². The van der Waals surface area contributed by atoms with Gasteiger partial charge in [0, 0.05) is 19.1 Å². The summed E-state index contributed by atoms with van der Waals surface area (Å²) in [5.41, 5.74) is 2.50. The van der Waals surface area contributed by atoms with Crippen LogP contribution in [-0.2, 0) is 4.79 Å². The molecular weight excluding hydrogens is 260 g/mol. The van der Waals surface area contributed by atoms with E-state index in [-0.39, 0.29) is 18.0 Å². The van der Waals surface area contributed by atoms with Gasteiger partial charge in [0.25, 0.3) is 0 Å². The summed E-state index contributed by atoms with van der Waals surface area (Å²) in [5, 5.41) is 3.45. The van der Waals surface area contributed by atoms with Gasteiger partial charge in [0.2, 0.25) is 5.91 Å². The first kappa shape index (κ1) is 16.0. The molecule has 116 valence electrons. The number of hydrogen-bond donors (Lipinski definition) is 1. The van der Waals surface area contributed by atoms with E-state index in [0.717, 1.165) is 25.9 Å². The lowest BCUT2D eigenvalue weighted by atomic mass is 10.0. The fourth-order valence-corrected chi connectivity index (χ4v) is 3.05. The molecule has 21 heavy (non-hydrogen) atoms. The number of nitrogens with zero attached hydrogens (tertiary/aromatic N) is 1. The molecule has 1 aromatic rings. The van der Waals surface area contributed by atoms with E-state index in [9.17, 15) is 4.79 Å². The highest BCUT2D eigenvalue weighted by Crippen LogP contribution is 2.16. The lowest BCUT2D eigenvalue weighted by Crippen LogP contribution is -2.45. The van der Waals surface area contributed by atoms with Crippen LogP contribution in [0.4, 0.5) is 0 Å². The summed E-state index contributed by atoms with van der Waals surface area (Å²) in [6.07, 6.45) is 4.80. The smallest absolute Gasteiger partial charge is 0.239 e. The maximum atomic E-state index is 12.5. The van der Waals surface area contributed by atoms with Crippen molar-refractivity contribution in [1.29, 1.82) is 0 Å². The summed E-state index contributed by atoms with van der Waals surface area (Å²) in [6.45, 7) is 8.05. The molecule has 1 aliphatic rings. The van der Waals surface area contributed by atoms with Crippen molar-refractivity contribution in [2.75, 3.05) is 13.1 Å². The zero-order valence-corrected chi connectivity index (χ0v) is 13.6. The standard InChI is InChI=1S/C18H28N2O/c1-14-9-8-10-17(13-14)15(2)19-16(3)18(21)20-11-6-4-5-7-12-20/h8-10,13,15-16,19H,4-7,11-12H2,1-3H3/t15-,16?/m1/s1. The van der Waals surface area contributed by atoms with Crippen molar-refractivity contribution in [3.63, 3.8) is 0 Å². The predicted molar refractivity (Wildman–Crippen MR) is 87.2 cm³/mol. The molecule has 1 fully saturated rings. The molecule has 3 nitrogen and oxygen atoms in total. The Bertz CT molecular complexity index is 464. The number of rotatable bonds is 4. The minimum absolute atomic E-state index is 0.126. The van der Waals surface area contributed by atoms with Crippen LogP contribution in [0.1, 0.15) is 56.7 Å². The van der Waals surface area contributed by atoms with Crippen LogP contribution in [-0.4, -0.2) is 29.9 Å². The van der Waals surface area contributed by atoms with E-state index in [1.807, 2.05) is 11.8 Å². The monoisotopic (exact) mass is 288 g/mol. The van der Waals surface area contributed by atoms with Crippen molar-refractivity contribution < 1.29 is 4.79 Å². The minimum atomic E-state index is -0.126. The molecule has 1 saturated heterocycles. The van der Waals surface area contributed by atoms with Gasteiger partial charge in [-0.25, -0.2) is 0 Å². The Morgan fingerprint density at radius 2 is 1.81 bits per heavy atom. The van der Waals surface area contributed by atoms with E-state index >= 15 is 0 Å². The molecule has 0 radical (unpaired) electrons. The number of hydrogen-bond acceptors (Lipinski definition) is 2. The van der Waals surface area contributed by atoms with Crippen molar-refractivity contribution >= 4 is 5.91 Å². The van der Waals surface area contributed by atoms with Crippen LogP contribution in [0.3, 0.4) is 0 Å². The van der Waals surface area contributed by atoms with Gasteiger partial charge in [0.1, 0.15) is 0 Å². The maximum absolute atomic E-state index is 12.5. The molecule has 2 rings (SSSR count). The molecule has 1 N–H and O–H groups in total. The molecule has 0 aliphatic carbocycles. The number of amides is 1. The number of likely N-dealkylation sites (tertiary alicyclic amines) is 1. The molecule has 1 amide bonds. The highest BCUT2D eigenvalue weighted by molar-refractivity contribution is 5.81. The van der Waals surface area contributed by atoms with Gasteiger partial charge in [-0.05, 0) is 39.2 Å².